The lowest BCUT2D eigenvalue weighted by molar-refractivity contribution is 0.0958. The third-order valence-electron chi connectivity index (χ3n) is 5.33. The Hall–Kier alpha value is -2.91. The van der Waals surface area contributed by atoms with Crippen LogP contribution in [-0.4, -0.2) is 63.6 Å². The molecule has 1 amide bonds. The molecule has 4 rings (SSSR count). The Labute approximate surface area is 178 Å². The highest BCUT2D eigenvalue weighted by molar-refractivity contribution is 6.32. The molecular formula is C20H24ClN7O2. The predicted octanol–water partition coefficient (Wildman–Crippen LogP) is 1.32. The third kappa shape index (κ3) is 4.03. The molecule has 30 heavy (non-hydrogen) atoms. The fraction of sp³-hybridized carbons (Fsp3) is 0.400. The number of carbonyl (C=O) groups excluding carboxylic acids is 1. The molecule has 3 aromatic heterocycles. The molecular weight excluding hydrogens is 406 g/mol. The zero-order valence-corrected chi connectivity index (χ0v) is 17.7. The number of rotatable bonds is 5. The minimum Gasteiger partial charge on any atom is -0.366 e. The van der Waals surface area contributed by atoms with Crippen LogP contribution in [0, 0.1) is 0 Å². The fourth-order valence-electron chi connectivity index (χ4n) is 3.69. The van der Waals surface area contributed by atoms with Crippen molar-refractivity contribution in [3.8, 4) is 0 Å². The van der Waals surface area contributed by atoms with Crippen molar-refractivity contribution in [2.24, 2.45) is 0 Å². The summed E-state index contributed by atoms with van der Waals surface area (Å²) in [5, 5.41) is 7.28. The molecule has 2 N–H and O–H groups in total. The highest BCUT2D eigenvalue weighted by Crippen LogP contribution is 2.25. The van der Waals surface area contributed by atoms with Gasteiger partial charge < -0.3 is 15.2 Å². The van der Waals surface area contributed by atoms with E-state index in [1.54, 1.807) is 17.6 Å². The lowest BCUT2D eigenvalue weighted by Crippen LogP contribution is -2.46. The number of carbonyl (C=O) groups is 1. The number of nitrogens with one attached hydrogen (secondary N) is 2. The highest BCUT2D eigenvalue weighted by Gasteiger charge is 2.21. The molecule has 0 saturated carbocycles. The van der Waals surface area contributed by atoms with Gasteiger partial charge in [-0.15, -0.1) is 0 Å². The summed E-state index contributed by atoms with van der Waals surface area (Å²) >= 11 is 6.33. The molecule has 0 aliphatic carbocycles. The van der Waals surface area contributed by atoms with Crippen molar-refractivity contribution < 1.29 is 4.79 Å². The van der Waals surface area contributed by atoms with E-state index in [0.717, 1.165) is 44.0 Å². The smallest absolute Gasteiger partial charge is 0.273 e. The normalized spacial score (nSPS) is 15.0. The first kappa shape index (κ1) is 20.4. The summed E-state index contributed by atoms with van der Waals surface area (Å²) in [7, 11) is 1.57. The van der Waals surface area contributed by atoms with E-state index in [0.29, 0.717) is 28.6 Å². The summed E-state index contributed by atoms with van der Waals surface area (Å²) in [6, 6.07) is 5.51. The first-order valence-corrected chi connectivity index (χ1v) is 10.3. The summed E-state index contributed by atoms with van der Waals surface area (Å²) in [6.07, 6.45) is 2.57. The van der Waals surface area contributed by atoms with Crippen LogP contribution in [0.15, 0.2) is 29.2 Å². The van der Waals surface area contributed by atoms with Crippen molar-refractivity contribution in [3.63, 3.8) is 0 Å². The third-order valence-corrected chi connectivity index (χ3v) is 5.61. The Morgan fingerprint density at radius 3 is 2.70 bits per heavy atom. The second-order valence-electron chi connectivity index (χ2n) is 7.28. The SMILES string of the molecule is CCc1nn2cc(CN3CCN(c4ccc(C(=O)NC)nc4Cl)CC3)cc2[nH]c1=O. The average molecular weight is 430 g/mol. The second kappa shape index (κ2) is 8.45. The predicted molar refractivity (Wildman–Crippen MR) is 115 cm³/mol. The standard InChI is InChI=1S/C20H24ClN7O2/c1-3-14-20(30)24-17-10-13(12-28(17)25-14)11-26-6-8-27(9-7-26)16-5-4-15(19(29)22-2)23-18(16)21/h4-5,10,12H,3,6-9,11H2,1-2H3,(H,22,29)(H,24,30). The van der Waals surface area contributed by atoms with Crippen LogP contribution in [0.4, 0.5) is 5.69 Å². The first-order chi connectivity index (χ1) is 14.5. The number of hydrogen-bond acceptors (Lipinski definition) is 6. The molecule has 0 unspecified atom stereocenters. The molecule has 0 bridgehead atoms. The number of hydrogen-bond donors (Lipinski definition) is 2. The molecule has 1 fully saturated rings. The van der Waals surface area contributed by atoms with Gasteiger partial charge in [0, 0.05) is 46.0 Å². The number of fused-ring (bicyclic) bond motifs is 1. The van der Waals surface area contributed by atoms with E-state index in [1.807, 2.05) is 25.3 Å². The van der Waals surface area contributed by atoms with Gasteiger partial charge in [-0.25, -0.2) is 9.50 Å². The van der Waals surface area contributed by atoms with Crippen molar-refractivity contribution >= 4 is 28.8 Å². The quantitative estimate of drug-likeness (QED) is 0.593. The van der Waals surface area contributed by atoms with Crippen molar-refractivity contribution in [1.29, 1.82) is 0 Å². The highest BCUT2D eigenvalue weighted by atomic mass is 35.5. The van der Waals surface area contributed by atoms with Crippen LogP contribution in [0.1, 0.15) is 28.7 Å². The van der Waals surface area contributed by atoms with Gasteiger partial charge in [-0.1, -0.05) is 18.5 Å². The van der Waals surface area contributed by atoms with Gasteiger partial charge in [0.15, 0.2) is 5.15 Å². The number of H-pyrrole nitrogens is 1. The number of piperazine rings is 1. The number of pyridine rings is 1. The molecule has 1 saturated heterocycles. The van der Waals surface area contributed by atoms with E-state index in [4.69, 9.17) is 11.6 Å². The van der Waals surface area contributed by atoms with Crippen LogP contribution in [-0.2, 0) is 13.0 Å². The summed E-state index contributed by atoms with van der Waals surface area (Å²) < 4.78 is 1.74. The molecule has 0 radical (unpaired) electrons. The molecule has 1 aliphatic heterocycles. The summed E-state index contributed by atoms with van der Waals surface area (Å²) in [5.74, 6) is -0.255. The van der Waals surface area contributed by atoms with E-state index in [2.05, 4.69) is 30.2 Å². The van der Waals surface area contributed by atoms with Gasteiger partial charge in [0.2, 0.25) is 0 Å². The van der Waals surface area contributed by atoms with Gasteiger partial charge in [0.25, 0.3) is 11.5 Å². The minimum atomic E-state index is -0.255. The molecule has 3 aromatic rings. The Balaban J connectivity index is 1.41. The van der Waals surface area contributed by atoms with Crippen LogP contribution >= 0.6 is 11.6 Å². The number of anilines is 1. The largest absolute Gasteiger partial charge is 0.366 e. The number of aromatic nitrogens is 4. The topological polar surface area (TPSA) is 98.6 Å². The van der Waals surface area contributed by atoms with E-state index in [1.165, 1.54) is 0 Å². The summed E-state index contributed by atoms with van der Waals surface area (Å²) in [4.78, 5) is 35.3. The summed E-state index contributed by atoms with van der Waals surface area (Å²) in [6.45, 7) is 6.05. The Morgan fingerprint density at radius 1 is 1.27 bits per heavy atom. The van der Waals surface area contributed by atoms with Gasteiger partial charge in [-0.3, -0.25) is 14.5 Å². The van der Waals surface area contributed by atoms with Gasteiger partial charge in [-0.2, -0.15) is 5.10 Å². The lowest BCUT2D eigenvalue weighted by Gasteiger charge is -2.36. The fourth-order valence-corrected chi connectivity index (χ4v) is 3.96. The molecule has 10 heteroatoms. The first-order valence-electron chi connectivity index (χ1n) is 9.95. The Morgan fingerprint density at radius 2 is 2.03 bits per heavy atom. The number of aryl methyl sites for hydroxylation is 1. The summed E-state index contributed by atoms with van der Waals surface area (Å²) in [5.41, 5.74) is 3.37. The van der Waals surface area contributed by atoms with E-state index in [9.17, 15) is 9.59 Å². The van der Waals surface area contributed by atoms with Crippen molar-refractivity contribution in [2.45, 2.75) is 19.9 Å². The van der Waals surface area contributed by atoms with Crippen LogP contribution < -0.4 is 15.8 Å². The number of aromatic amines is 1. The van der Waals surface area contributed by atoms with Crippen LogP contribution in [0.25, 0.3) is 5.65 Å². The molecule has 0 atom stereocenters. The van der Waals surface area contributed by atoms with E-state index in [-0.39, 0.29) is 11.5 Å². The van der Waals surface area contributed by atoms with Crippen molar-refractivity contribution in [3.05, 3.63) is 56.9 Å². The van der Waals surface area contributed by atoms with Gasteiger partial charge in [0.05, 0.1) is 5.69 Å². The van der Waals surface area contributed by atoms with Gasteiger partial charge in [-0.05, 0) is 30.2 Å². The zero-order valence-electron chi connectivity index (χ0n) is 17.0. The average Bonchev–Trinajstić information content (AvgIpc) is 3.14. The Kier molecular flexibility index (Phi) is 5.74. The zero-order chi connectivity index (χ0) is 21.3. The second-order valence-corrected chi connectivity index (χ2v) is 7.64. The molecule has 158 valence electrons. The Bertz CT molecular complexity index is 1130. The van der Waals surface area contributed by atoms with E-state index >= 15 is 0 Å². The van der Waals surface area contributed by atoms with Crippen LogP contribution in [0.5, 0.6) is 0 Å². The number of nitrogens with zero attached hydrogens (tertiary/aromatic N) is 5. The maximum atomic E-state index is 12.0. The van der Waals surface area contributed by atoms with E-state index < -0.39 is 0 Å². The van der Waals surface area contributed by atoms with Crippen LogP contribution in [0.3, 0.4) is 0 Å². The maximum absolute atomic E-state index is 12.0. The lowest BCUT2D eigenvalue weighted by atomic mass is 10.2. The monoisotopic (exact) mass is 429 g/mol. The van der Waals surface area contributed by atoms with Gasteiger partial charge in [0.1, 0.15) is 17.0 Å². The van der Waals surface area contributed by atoms with Crippen LogP contribution in [0.2, 0.25) is 5.15 Å². The molecule has 9 nitrogen and oxygen atoms in total. The number of halogens is 1. The molecule has 0 aromatic carbocycles. The molecule has 4 heterocycles. The van der Waals surface area contributed by atoms with Gasteiger partial charge >= 0.3 is 0 Å². The van der Waals surface area contributed by atoms with Crippen molar-refractivity contribution in [2.75, 3.05) is 38.1 Å². The van der Waals surface area contributed by atoms with Crippen molar-refractivity contribution in [1.82, 2.24) is 29.8 Å². The molecule has 1 aliphatic rings. The number of amides is 1. The minimum absolute atomic E-state index is 0.129. The molecule has 0 spiro atoms. The maximum Gasteiger partial charge on any atom is 0.273 e.